The van der Waals surface area contributed by atoms with Crippen LogP contribution in [0.3, 0.4) is 0 Å². The van der Waals surface area contributed by atoms with Crippen molar-refractivity contribution < 1.29 is 11.0 Å². The zero-order valence-corrected chi connectivity index (χ0v) is 23.2. The van der Waals surface area contributed by atoms with Crippen molar-refractivity contribution in [2.45, 2.75) is 53.6 Å². The van der Waals surface area contributed by atoms with Gasteiger partial charge in [0.25, 0.3) is 5.91 Å². The largest absolute Gasteiger partial charge is 0.497 e. The van der Waals surface area contributed by atoms with Crippen LogP contribution in [0, 0.1) is 6.92 Å². The molecule has 2 heterocycles. The van der Waals surface area contributed by atoms with Gasteiger partial charge >= 0.3 is 0 Å². The molecule has 1 N–H and O–H groups in total. The van der Waals surface area contributed by atoms with Crippen LogP contribution in [0.4, 0.5) is 5.69 Å². The Morgan fingerprint density at radius 2 is 1.70 bits per heavy atom. The van der Waals surface area contributed by atoms with Crippen LogP contribution in [0.15, 0.2) is 73.6 Å². The lowest BCUT2D eigenvalue weighted by atomic mass is 10.0. The van der Waals surface area contributed by atoms with Gasteiger partial charge in [0.2, 0.25) is 0 Å². The molecule has 3 aromatic rings. The minimum atomic E-state index is -0.217. The standard InChI is InChI=1S/C28H33N5O2.C2H6.H2/c1-19(2)32-9-11-33(12-10-32)25-8-7-20(3)27(16-25)28(34)30-21(4)22-13-23(15-26(14-22)35-6)24-17-29-31(5)18-24;1-2;/h7-19,21H,1-6H3,(H,30,34);1-2H3;1H/t21-;;/m1../s1. The van der Waals surface area contributed by atoms with Gasteiger partial charge in [0, 0.05) is 62.3 Å². The number of methoxy groups -OCH3 is 1. The number of hydrogen-bond acceptors (Lipinski definition) is 5. The number of carbonyl (C=O) groups is 1. The number of rotatable bonds is 7. The van der Waals surface area contributed by atoms with Crippen molar-refractivity contribution in [3.63, 3.8) is 0 Å². The number of amides is 1. The fraction of sp³-hybridized carbons (Fsp3) is 0.333. The van der Waals surface area contributed by atoms with Gasteiger partial charge in [0.1, 0.15) is 5.75 Å². The Morgan fingerprint density at radius 3 is 2.30 bits per heavy atom. The molecular weight excluding hydrogens is 462 g/mol. The molecule has 0 aliphatic carbocycles. The van der Waals surface area contributed by atoms with E-state index in [0.29, 0.717) is 11.6 Å². The van der Waals surface area contributed by atoms with Crippen molar-refractivity contribution in [2.75, 3.05) is 12.0 Å². The Kier molecular flexibility index (Phi) is 9.17. The molecular formula is C30H41N5O2. The highest BCUT2D eigenvalue weighted by Gasteiger charge is 2.17. The molecule has 0 spiro atoms. The summed E-state index contributed by atoms with van der Waals surface area (Å²) in [6.07, 6.45) is 11.9. The number of ether oxygens (including phenoxy) is 1. The molecule has 1 amide bonds. The molecule has 1 aromatic heterocycles. The fourth-order valence-corrected chi connectivity index (χ4v) is 4.01. The SMILES string of the molecule is CC.COc1cc(-c2cnn(C)c2)cc([C@@H](C)NC(=O)c2cc(N3C=CN(C(C)C)C=C3)ccc2C)c1.[HH]. The first-order chi connectivity index (χ1) is 17.7. The monoisotopic (exact) mass is 503 g/mol. The quantitative estimate of drug-likeness (QED) is 0.392. The summed E-state index contributed by atoms with van der Waals surface area (Å²) in [4.78, 5) is 17.5. The summed E-state index contributed by atoms with van der Waals surface area (Å²) >= 11 is 0. The average molecular weight is 504 g/mol. The maximum atomic E-state index is 13.3. The molecule has 7 heteroatoms. The molecule has 0 unspecified atom stereocenters. The van der Waals surface area contributed by atoms with Gasteiger partial charge < -0.3 is 19.9 Å². The minimum absolute atomic E-state index is 0. The van der Waals surface area contributed by atoms with Crippen LogP contribution in [-0.4, -0.2) is 33.7 Å². The highest BCUT2D eigenvalue weighted by atomic mass is 16.5. The van der Waals surface area contributed by atoms with Crippen molar-refractivity contribution in [3.8, 4) is 16.9 Å². The van der Waals surface area contributed by atoms with Gasteiger partial charge in [-0.3, -0.25) is 9.48 Å². The van der Waals surface area contributed by atoms with Crippen molar-refractivity contribution in [3.05, 3.63) is 90.3 Å². The third-order valence-electron chi connectivity index (χ3n) is 6.21. The smallest absolute Gasteiger partial charge is 0.252 e. The van der Waals surface area contributed by atoms with Crippen molar-refractivity contribution >= 4 is 11.6 Å². The number of aryl methyl sites for hydroxylation is 2. The van der Waals surface area contributed by atoms with Gasteiger partial charge in [0.15, 0.2) is 0 Å². The van der Waals surface area contributed by atoms with E-state index in [2.05, 4.69) is 35.2 Å². The first kappa shape index (κ1) is 27.6. The van der Waals surface area contributed by atoms with E-state index >= 15 is 0 Å². The number of nitrogens with zero attached hydrogens (tertiary/aromatic N) is 4. The molecule has 0 saturated carbocycles. The first-order valence-electron chi connectivity index (χ1n) is 12.8. The van der Waals surface area contributed by atoms with Crippen LogP contribution in [0.25, 0.3) is 11.1 Å². The topological polar surface area (TPSA) is 62.6 Å². The second-order valence-corrected chi connectivity index (χ2v) is 9.14. The lowest BCUT2D eigenvalue weighted by Crippen LogP contribution is -2.28. The molecule has 7 nitrogen and oxygen atoms in total. The zero-order valence-electron chi connectivity index (χ0n) is 23.2. The van der Waals surface area contributed by atoms with E-state index < -0.39 is 0 Å². The molecule has 37 heavy (non-hydrogen) atoms. The maximum absolute atomic E-state index is 13.3. The van der Waals surface area contributed by atoms with Gasteiger partial charge in [-0.2, -0.15) is 5.10 Å². The third-order valence-corrected chi connectivity index (χ3v) is 6.21. The Morgan fingerprint density at radius 1 is 1.00 bits per heavy atom. The number of anilines is 1. The van der Waals surface area contributed by atoms with Gasteiger partial charge in [0.05, 0.1) is 19.3 Å². The van der Waals surface area contributed by atoms with Crippen molar-refractivity contribution in [1.82, 2.24) is 20.0 Å². The molecule has 0 saturated heterocycles. The third kappa shape index (κ3) is 6.61. The zero-order chi connectivity index (χ0) is 27.1. The molecule has 198 valence electrons. The number of carbonyl (C=O) groups excluding carboxylic acids is 1. The van der Waals surface area contributed by atoms with Crippen LogP contribution in [0.2, 0.25) is 0 Å². The summed E-state index contributed by atoms with van der Waals surface area (Å²) in [7, 11) is 3.54. The first-order valence-corrected chi connectivity index (χ1v) is 12.8. The van der Waals surface area contributed by atoms with Crippen molar-refractivity contribution in [2.24, 2.45) is 7.05 Å². The summed E-state index contributed by atoms with van der Waals surface area (Å²) in [5.41, 5.74) is 5.46. The number of nitrogens with one attached hydrogen (secondary N) is 1. The van der Waals surface area contributed by atoms with E-state index in [9.17, 15) is 4.79 Å². The van der Waals surface area contributed by atoms with E-state index in [0.717, 1.165) is 33.7 Å². The molecule has 0 radical (unpaired) electrons. The predicted octanol–water partition coefficient (Wildman–Crippen LogP) is 6.64. The summed E-state index contributed by atoms with van der Waals surface area (Å²) in [5, 5.41) is 7.43. The summed E-state index contributed by atoms with van der Waals surface area (Å²) in [5.74, 6) is 0.621. The van der Waals surface area contributed by atoms with Crippen LogP contribution in [-0.2, 0) is 7.05 Å². The highest BCUT2D eigenvalue weighted by Crippen LogP contribution is 2.29. The van der Waals surface area contributed by atoms with Crippen LogP contribution in [0.1, 0.15) is 63.6 Å². The molecule has 0 bridgehead atoms. The van der Waals surface area contributed by atoms with Crippen LogP contribution in [0.5, 0.6) is 5.75 Å². The summed E-state index contributed by atoms with van der Waals surface area (Å²) < 4.78 is 7.29. The molecule has 0 fully saturated rings. The normalized spacial score (nSPS) is 13.3. The van der Waals surface area contributed by atoms with Gasteiger partial charge in [-0.15, -0.1) is 0 Å². The molecule has 2 aromatic carbocycles. The van der Waals surface area contributed by atoms with E-state index in [4.69, 9.17) is 4.74 Å². The fourth-order valence-electron chi connectivity index (χ4n) is 4.01. The van der Waals surface area contributed by atoms with Crippen LogP contribution >= 0.6 is 0 Å². The molecule has 1 atom stereocenters. The lowest BCUT2D eigenvalue weighted by molar-refractivity contribution is 0.0939. The Bertz CT molecular complexity index is 1270. The van der Waals surface area contributed by atoms with Crippen LogP contribution < -0.4 is 15.0 Å². The predicted molar refractivity (Wildman–Crippen MR) is 153 cm³/mol. The Balaban J connectivity index is 0.00000165. The van der Waals surface area contributed by atoms with E-state index in [-0.39, 0.29) is 13.4 Å². The number of benzene rings is 2. The van der Waals surface area contributed by atoms with Gasteiger partial charge in [-0.1, -0.05) is 19.9 Å². The highest BCUT2D eigenvalue weighted by molar-refractivity contribution is 5.97. The Hall–Kier alpha value is -4.00. The maximum Gasteiger partial charge on any atom is 0.252 e. The van der Waals surface area contributed by atoms with E-state index in [1.54, 1.807) is 11.8 Å². The summed E-state index contributed by atoms with van der Waals surface area (Å²) in [6, 6.07) is 12.1. The van der Waals surface area contributed by atoms with Crippen molar-refractivity contribution in [1.29, 1.82) is 0 Å². The van der Waals surface area contributed by atoms with E-state index in [1.807, 2.05) is 107 Å². The Labute approximate surface area is 222 Å². The number of aromatic nitrogens is 2. The van der Waals surface area contributed by atoms with Gasteiger partial charge in [-0.05, 0) is 74.7 Å². The molecule has 4 rings (SSSR count). The second-order valence-electron chi connectivity index (χ2n) is 9.14. The average Bonchev–Trinajstić information content (AvgIpc) is 3.36. The number of hydrogen-bond donors (Lipinski definition) is 1. The molecule has 1 aliphatic heterocycles. The lowest BCUT2D eigenvalue weighted by Gasteiger charge is -2.28. The second kappa shape index (κ2) is 12.3. The molecule has 1 aliphatic rings. The van der Waals surface area contributed by atoms with E-state index in [1.165, 1.54) is 0 Å². The van der Waals surface area contributed by atoms with Gasteiger partial charge in [-0.25, -0.2) is 0 Å². The summed E-state index contributed by atoms with van der Waals surface area (Å²) in [6.45, 7) is 12.2. The minimum Gasteiger partial charge on any atom is -0.497 e.